The predicted octanol–water partition coefficient (Wildman–Crippen LogP) is 1.59. The van der Waals surface area contributed by atoms with Crippen molar-refractivity contribution < 1.29 is 10.2 Å². The first-order chi connectivity index (χ1) is 7.94. The molecule has 1 aliphatic rings. The van der Waals surface area contributed by atoms with Gasteiger partial charge in [0.2, 0.25) is 0 Å². The highest BCUT2D eigenvalue weighted by Crippen LogP contribution is 2.34. The van der Waals surface area contributed by atoms with Gasteiger partial charge < -0.3 is 10.2 Å². The van der Waals surface area contributed by atoms with Gasteiger partial charge in [-0.2, -0.15) is 5.10 Å². The molecule has 1 unspecified atom stereocenters. The first-order valence-electron chi connectivity index (χ1n) is 6.02. The van der Waals surface area contributed by atoms with E-state index in [9.17, 15) is 10.2 Å². The Bertz CT molecular complexity index is 411. The van der Waals surface area contributed by atoms with Crippen LogP contribution in [-0.2, 0) is 13.5 Å². The lowest BCUT2D eigenvalue weighted by atomic mass is 9.90. The van der Waals surface area contributed by atoms with Gasteiger partial charge in [-0.05, 0) is 19.8 Å². The van der Waals surface area contributed by atoms with Gasteiger partial charge >= 0.3 is 0 Å². The van der Waals surface area contributed by atoms with Crippen molar-refractivity contribution in [3.8, 4) is 0 Å². The molecule has 4 nitrogen and oxygen atoms in total. The Balaban J connectivity index is 2.15. The third-order valence-electron chi connectivity index (χ3n) is 3.76. The second kappa shape index (κ2) is 4.59. The van der Waals surface area contributed by atoms with Crippen LogP contribution in [0.5, 0.6) is 0 Å². The van der Waals surface area contributed by atoms with Crippen molar-refractivity contribution in [2.75, 3.05) is 0 Å². The maximum absolute atomic E-state index is 10.3. The summed E-state index contributed by atoms with van der Waals surface area (Å²) in [5.74, 6) is 0. The molecule has 1 aromatic rings. The Kier molecular flexibility index (Phi) is 3.48. The summed E-state index contributed by atoms with van der Waals surface area (Å²) < 4.78 is 1.59. The van der Waals surface area contributed by atoms with Crippen LogP contribution < -0.4 is 0 Å². The maximum atomic E-state index is 10.3. The Labute approximate surface area is 106 Å². The lowest BCUT2D eigenvalue weighted by Crippen LogP contribution is -2.41. The standard InChI is InChI=1S/C12H19ClN2O2/c1-8-9(11(13)15(2)14-8)7-10(16)12(17)5-3-4-6-12/h10,16-17H,3-7H2,1-2H3. The van der Waals surface area contributed by atoms with E-state index in [4.69, 9.17) is 11.6 Å². The summed E-state index contributed by atoms with van der Waals surface area (Å²) >= 11 is 6.12. The summed E-state index contributed by atoms with van der Waals surface area (Å²) in [7, 11) is 1.77. The third kappa shape index (κ3) is 2.34. The molecule has 0 aromatic carbocycles. The fourth-order valence-electron chi connectivity index (χ4n) is 2.61. The van der Waals surface area contributed by atoms with Crippen molar-refractivity contribution in [1.82, 2.24) is 9.78 Å². The normalized spacial score (nSPS) is 20.8. The molecular weight excluding hydrogens is 240 g/mol. The quantitative estimate of drug-likeness (QED) is 0.866. The number of rotatable bonds is 3. The van der Waals surface area contributed by atoms with Crippen LogP contribution in [0, 0.1) is 6.92 Å². The maximum Gasteiger partial charge on any atom is 0.130 e. The molecule has 2 N–H and O–H groups in total. The van der Waals surface area contributed by atoms with Crippen LogP contribution in [0.15, 0.2) is 0 Å². The van der Waals surface area contributed by atoms with E-state index in [-0.39, 0.29) is 0 Å². The molecule has 1 heterocycles. The van der Waals surface area contributed by atoms with Crippen LogP contribution in [0.2, 0.25) is 5.15 Å². The van der Waals surface area contributed by atoms with Crippen molar-refractivity contribution in [3.63, 3.8) is 0 Å². The highest BCUT2D eigenvalue weighted by atomic mass is 35.5. The minimum atomic E-state index is -0.939. The molecular formula is C12H19ClN2O2. The van der Waals surface area contributed by atoms with Crippen LogP contribution in [-0.4, -0.2) is 31.7 Å². The van der Waals surface area contributed by atoms with Gasteiger partial charge in [-0.15, -0.1) is 0 Å². The number of nitrogens with zero attached hydrogens (tertiary/aromatic N) is 2. The average Bonchev–Trinajstić information content (AvgIpc) is 2.80. The number of aliphatic hydroxyl groups is 2. The third-order valence-corrected chi connectivity index (χ3v) is 4.23. The first kappa shape index (κ1) is 12.9. The van der Waals surface area contributed by atoms with E-state index in [1.54, 1.807) is 11.7 Å². The topological polar surface area (TPSA) is 58.3 Å². The fraction of sp³-hybridized carbons (Fsp3) is 0.750. The van der Waals surface area contributed by atoms with E-state index in [0.717, 1.165) is 24.1 Å². The highest BCUT2D eigenvalue weighted by Gasteiger charge is 2.39. The minimum Gasteiger partial charge on any atom is -0.390 e. The second-order valence-electron chi connectivity index (χ2n) is 5.01. The molecule has 1 atom stereocenters. The van der Waals surface area contributed by atoms with E-state index >= 15 is 0 Å². The summed E-state index contributed by atoms with van der Waals surface area (Å²) in [6.07, 6.45) is 2.91. The Hall–Kier alpha value is -0.580. The largest absolute Gasteiger partial charge is 0.390 e. The minimum absolute atomic E-state index is 0.370. The monoisotopic (exact) mass is 258 g/mol. The van der Waals surface area contributed by atoms with Gasteiger partial charge in [-0.25, -0.2) is 0 Å². The molecule has 0 radical (unpaired) electrons. The Morgan fingerprint density at radius 3 is 2.53 bits per heavy atom. The zero-order valence-electron chi connectivity index (χ0n) is 10.3. The lowest BCUT2D eigenvalue weighted by molar-refractivity contribution is -0.0689. The molecule has 1 aromatic heterocycles. The molecule has 1 aliphatic carbocycles. The summed E-state index contributed by atoms with van der Waals surface area (Å²) in [4.78, 5) is 0. The fourth-order valence-corrected chi connectivity index (χ4v) is 2.86. The number of aryl methyl sites for hydroxylation is 2. The molecule has 1 fully saturated rings. The number of aliphatic hydroxyl groups excluding tert-OH is 1. The number of halogens is 1. The molecule has 96 valence electrons. The van der Waals surface area contributed by atoms with Gasteiger partial charge in [0.15, 0.2) is 0 Å². The number of hydrogen-bond acceptors (Lipinski definition) is 3. The Morgan fingerprint density at radius 2 is 2.06 bits per heavy atom. The molecule has 1 saturated carbocycles. The van der Waals surface area contributed by atoms with Gasteiger partial charge in [0.1, 0.15) is 5.15 Å². The van der Waals surface area contributed by atoms with E-state index in [1.807, 2.05) is 6.92 Å². The molecule has 0 saturated heterocycles. The molecule has 0 spiro atoms. The van der Waals surface area contributed by atoms with Gasteiger partial charge in [0.05, 0.1) is 17.4 Å². The average molecular weight is 259 g/mol. The zero-order chi connectivity index (χ0) is 12.6. The highest BCUT2D eigenvalue weighted by molar-refractivity contribution is 6.30. The number of hydrogen-bond donors (Lipinski definition) is 2. The van der Waals surface area contributed by atoms with Crippen LogP contribution in [0.4, 0.5) is 0 Å². The number of aromatic nitrogens is 2. The van der Waals surface area contributed by atoms with Gasteiger partial charge in [0.25, 0.3) is 0 Å². The van der Waals surface area contributed by atoms with E-state index in [0.29, 0.717) is 24.4 Å². The summed E-state index contributed by atoms with van der Waals surface area (Å²) in [5.41, 5.74) is 0.714. The van der Waals surface area contributed by atoms with Gasteiger partial charge in [0, 0.05) is 19.0 Å². The zero-order valence-corrected chi connectivity index (χ0v) is 11.0. The molecule has 5 heteroatoms. The summed E-state index contributed by atoms with van der Waals surface area (Å²) in [6, 6.07) is 0. The van der Waals surface area contributed by atoms with Crippen LogP contribution in [0.25, 0.3) is 0 Å². The molecule has 17 heavy (non-hydrogen) atoms. The van der Waals surface area contributed by atoms with Crippen molar-refractivity contribution in [1.29, 1.82) is 0 Å². The van der Waals surface area contributed by atoms with E-state index < -0.39 is 11.7 Å². The summed E-state index contributed by atoms with van der Waals surface area (Å²) in [5, 5.41) is 25.2. The summed E-state index contributed by atoms with van der Waals surface area (Å²) in [6.45, 7) is 1.87. The van der Waals surface area contributed by atoms with Gasteiger partial charge in [-0.3, -0.25) is 4.68 Å². The first-order valence-corrected chi connectivity index (χ1v) is 6.40. The van der Waals surface area contributed by atoms with E-state index in [2.05, 4.69) is 5.10 Å². The lowest BCUT2D eigenvalue weighted by Gasteiger charge is -2.28. The molecule has 0 bridgehead atoms. The molecule has 0 aliphatic heterocycles. The second-order valence-corrected chi connectivity index (χ2v) is 5.37. The van der Waals surface area contributed by atoms with Crippen LogP contribution >= 0.6 is 11.6 Å². The molecule has 0 amide bonds. The molecule has 2 rings (SSSR count). The predicted molar refractivity (Wildman–Crippen MR) is 66.1 cm³/mol. The van der Waals surface area contributed by atoms with E-state index in [1.165, 1.54) is 0 Å². The van der Waals surface area contributed by atoms with Gasteiger partial charge in [-0.1, -0.05) is 24.4 Å². The van der Waals surface area contributed by atoms with Crippen molar-refractivity contribution in [3.05, 3.63) is 16.4 Å². The Morgan fingerprint density at radius 1 is 1.47 bits per heavy atom. The van der Waals surface area contributed by atoms with Crippen LogP contribution in [0.3, 0.4) is 0 Å². The van der Waals surface area contributed by atoms with Crippen molar-refractivity contribution >= 4 is 11.6 Å². The van der Waals surface area contributed by atoms with Crippen LogP contribution in [0.1, 0.15) is 36.9 Å². The smallest absolute Gasteiger partial charge is 0.130 e. The SMILES string of the molecule is Cc1nn(C)c(Cl)c1CC(O)C1(O)CCCC1. The van der Waals surface area contributed by atoms with Crippen molar-refractivity contribution in [2.24, 2.45) is 7.05 Å². The van der Waals surface area contributed by atoms with Crippen molar-refractivity contribution in [2.45, 2.75) is 50.7 Å².